The van der Waals surface area contributed by atoms with Crippen LogP contribution in [0.2, 0.25) is 0 Å². The first-order valence-corrected chi connectivity index (χ1v) is 9.24. The summed E-state index contributed by atoms with van der Waals surface area (Å²) in [7, 11) is 0. The number of amides is 1. The van der Waals surface area contributed by atoms with Crippen LogP contribution >= 0.6 is 0 Å². The molecule has 1 aliphatic rings. The number of carboxylic acids is 1. The van der Waals surface area contributed by atoms with Gasteiger partial charge in [0.05, 0.1) is 30.7 Å². The lowest BCUT2D eigenvalue weighted by molar-refractivity contribution is -0.141. The van der Waals surface area contributed by atoms with Crippen molar-refractivity contribution in [3.05, 3.63) is 58.9 Å². The molecule has 1 aromatic heterocycles. The van der Waals surface area contributed by atoms with Gasteiger partial charge in [0, 0.05) is 24.5 Å². The molecule has 0 bridgehead atoms. The van der Waals surface area contributed by atoms with Crippen LogP contribution in [0, 0.1) is 13.8 Å². The molecule has 1 aliphatic heterocycles. The van der Waals surface area contributed by atoms with Gasteiger partial charge in [-0.05, 0) is 32.4 Å². The lowest BCUT2D eigenvalue weighted by Gasteiger charge is -2.32. The molecule has 144 valence electrons. The molecular formula is C21H26N2O4. The Morgan fingerprint density at radius 2 is 1.96 bits per heavy atom. The first kappa shape index (κ1) is 19.2. The number of benzene rings is 1. The molecular weight excluding hydrogens is 344 g/mol. The topological polar surface area (TPSA) is 71.8 Å². The molecule has 0 spiro atoms. The summed E-state index contributed by atoms with van der Waals surface area (Å²) in [6.07, 6.45) is -0.541. The van der Waals surface area contributed by atoms with E-state index in [0.29, 0.717) is 25.3 Å². The number of aryl methyl sites for hydroxylation is 1. The lowest BCUT2D eigenvalue weighted by atomic mass is 10.1. The molecule has 0 unspecified atom stereocenters. The van der Waals surface area contributed by atoms with Gasteiger partial charge in [-0.15, -0.1) is 0 Å². The Morgan fingerprint density at radius 1 is 1.26 bits per heavy atom. The number of nitrogens with zero attached hydrogens (tertiary/aromatic N) is 2. The molecule has 27 heavy (non-hydrogen) atoms. The van der Waals surface area contributed by atoms with Crippen molar-refractivity contribution >= 4 is 11.9 Å². The van der Waals surface area contributed by atoms with E-state index in [4.69, 9.17) is 9.84 Å². The lowest BCUT2D eigenvalue weighted by Crippen LogP contribution is -2.46. The zero-order valence-corrected chi connectivity index (χ0v) is 16.0. The fourth-order valence-electron chi connectivity index (χ4n) is 3.86. The number of rotatable bonds is 5. The van der Waals surface area contributed by atoms with E-state index in [0.717, 1.165) is 11.4 Å². The minimum absolute atomic E-state index is 0.0618. The number of morpholine rings is 1. The predicted molar refractivity (Wildman–Crippen MR) is 102 cm³/mol. The van der Waals surface area contributed by atoms with Crippen molar-refractivity contribution < 1.29 is 19.4 Å². The zero-order valence-electron chi connectivity index (χ0n) is 16.0. The molecule has 1 amide bonds. The minimum Gasteiger partial charge on any atom is -0.481 e. The summed E-state index contributed by atoms with van der Waals surface area (Å²) in [5, 5.41) is 8.97. The molecule has 6 heteroatoms. The number of aromatic nitrogens is 1. The van der Waals surface area contributed by atoms with E-state index < -0.39 is 12.1 Å². The van der Waals surface area contributed by atoms with Crippen LogP contribution in [0.15, 0.2) is 36.4 Å². The van der Waals surface area contributed by atoms with Gasteiger partial charge in [0.25, 0.3) is 5.91 Å². The number of carboxylic acid groups (broad SMARTS) is 1. The van der Waals surface area contributed by atoms with Crippen LogP contribution in [0.5, 0.6) is 0 Å². The normalized spacial score (nSPS) is 18.3. The number of carbonyl (C=O) groups excluding carboxylic acids is 1. The molecule has 0 saturated carbocycles. The third-order valence-corrected chi connectivity index (χ3v) is 5.21. The number of hydrogen-bond donors (Lipinski definition) is 1. The third-order valence-electron chi connectivity index (χ3n) is 5.21. The molecule has 2 atom stereocenters. The van der Waals surface area contributed by atoms with E-state index in [1.807, 2.05) is 38.1 Å². The Kier molecular flexibility index (Phi) is 5.65. The maximum Gasteiger partial charge on any atom is 0.306 e. The smallest absolute Gasteiger partial charge is 0.306 e. The number of carbonyl (C=O) groups is 2. The van der Waals surface area contributed by atoms with E-state index in [-0.39, 0.29) is 18.4 Å². The third kappa shape index (κ3) is 4.06. The highest BCUT2D eigenvalue weighted by Gasteiger charge is 2.29. The van der Waals surface area contributed by atoms with Crippen molar-refractivity contribution in [2.45, 2.75) is 39.3 Å². The van der Waals surface area contributed by atoms with Gasteiger partial charge in [0.2, 0.25) is 0 Å². The van der Waals surface area contributed by atoms with Crippen molar-refractivity contribution in [3.8, 4) is 0 Å². The van der Waals surface area contributed by atoms with E-state index in [2.05, 4.69) is 23.6 Å². The SMILES string of the molecule is Cc1cc(C(=O)N2CCO[C@@H](CC(=O)O)C2)c(C)n1[C@@H](C)c1ccccc1. The molecule has 1 N–H and O–H groups in total. The summed E-state index contributed by atoms with van der Waals surface area (Å²) in [4.78, 5) is 25.7. The Bertz CT molecular complexity index is 828. The molecule has 6 nitrogen and oxygen atoms in total. The first-order chi connectivity index (χ1) is 12.9. The summed E-state index contributed by atoms with van der Waals surface area (Å²) < 4.78 is 7.66. The number of hydrogen-bond acceptors (Lipinski definition) is 3. The maximum absolute atomic E-state index is 13.1. The average Bonchev–Trinajstić information content (AvgIpc) is 2.95. The van der Waals surface area contributed by atoms with E-state index in [9.17, 15) is 9.59 Å². The van der Waals surface area contributed by atoms with Gasteiger partial charge in [-0.25, -0.2) is 0 Å². The second kappa shape index (κ2) is 7.96. The van der Waals surface area contributed by atoms with Crippen LogP contribution in [0.3, 0.4) is 0 Å². The molecule has 2 heterocycles. The van der Waals surface area contributed by atoms with Crippen LogP contribution in [0.1, 0.15) is 46.7 Å². The summed E-state index contributed by atoms with van der Waals surface area (Å²) in [5.74, 6) is -0.975. The zero-order chi connectivity index (χ0) is 19.6. The predicted octanol–water partition coefficient (Wildman–Crippen LogP) is 3.03. The molecule has 3 rings (SSSR count). The number of ether oxygens (including phenoxy) is 1. The second-order valence-electron chi connectivity index (χ2n) is 7.08. The van der Waals surface area contributed by atoms with Gasteiger partial charge in [-0.1, -0.05) is 30.3 Å². The monoisotopic (exact) mass is 370 g/mol. The van der Waals surface area contributed by atoms with E-state index in [1.54, 1.807) is 4.90 Å². The van der Waals surface area contributed by atoms with Crippen LogP contribution in [0.25, 0.3) is 0 Å². The van der Waals surface area contributed by atoms with E-state index in [1.165, 1.54) is 5.56 Å². The number of aliphatic carboxylic acids is 1. The van der Waals surface area contributed by atoms with Crippen molar-refractivity contribution in [2.75, 3.05) is 19.7 Å². The van der Waals surface area contributed by atoms with Gasteiger partial charge >= 0.3 is 5.97 Å². The Labute approximate surface area is 159 Å². The minimum atomic E-state index is -0.913. The summed E-state index contributed by atoms with van der Waals surface area (Å²) >= 11 is 0. The Hall–Kier alpha value is -2.60. The van der Waals surface area contributed by atoms with Gasteiger partial charge in [-0.2, -0.15) is 0 Å². The molecule has 1 fully saturated rings. The van der Waals surface area contributed by atoms with Gasteiger partial charge in [0.15, 0.2) is 0 Å². The molecule has 1 saturated heterocycles. The standard InChI is InChI=1S/C21H26N2O4/c1-14-11-19(16(3)23(14)15(2)17-7-5-4-6-8-17)21(26)22-9-10-27-18(13-22)12-20(24)25/h4-8,11,15,18H,9-10,12-13H2,1-3H3,(H,24,25)/t15-,18-/m0/s1. The van der Waals surface area contributed by atoms with Crippen LogP contribution < -0.4 is 0 Å². The Balaban J connectivity index is 1.83. The summed E-state index contributed by atoms with van der Waals surface area (Å²) in [6.45, 7) is 7.25. The second-order valence-corrected chi connectivity index (χ2v) is 7.08. The van der Waals surface area contributed by atoms with Crippen LogP contribution in [-0.4, -0.2) is 52.3 Å². The molecule has 0 radical (unpaired) electrons. The van der Waals surface area contributed by atoms with Crippen molar-refractivity contribution in [2.24, 2.45) is 0 Å². The highest BCUT2D eigenvalue weighted by atomic mass is 16.5. The highest BCUT2D eigenvalue weighted by Crippen LogP contribution is 2.26. The van der Waals surface area contributed by atoms with Crippen LogP contribution in [-0.2, 0) is 9.53 Å². The van der Waals surface area contributed by atoms with E-state index >= 15 is 0 Å². The first-order valence-electron chi connectivity index (χ1n) is 9.24. The summed E-state index contributed by atoms with van der Waals surface area (Å²) in [6, 6.07) is 12.3. The average molecular weight is 370 g/mol. The van der Waals surface area contributed by atoms with Crippen molar-refractivity contribution in [3.63, 3.8) is 0 Å². The van der Waals surface area contributed by atoms with Gasteiger partial charge in [-0.3, -0.25) is 9.59 Å². The van der Waals surface area contributed by atoms with Crippen molar-refractivity contribution in [1.29, 1.82) is 0 Å². The Morgan fingerprint density at radius 3 is 2.63 bits per heavy atom. The summed E-state index contributed by atoms with van der Waals surface area (Å²) in [5.41, 5.74) is 3.81. The van der Waals surface area contributed by atoms with Crippen molar-refractivity contribution in [1.82, 2.24) is 9.47 Å². The largest absolute Gasteiger partial charge is 0.481 e. The van der Waals surface area contributed by atoms with Crippen LogP contribution in [0.4, 0.5) is 0 Å². The quantitative estimate of drug-likeness (QED) is 0.878. The van der Waals surface area contributed by atoms with Gasteiger partial charge in [0.1, 0.15) is 0 Å². The fraction of sp³-hybridized carbons (Fsp3) is 0.429. The maximum atomic E-state index is 13.1. The fourth-order valence-corrected chi connectivity index (χ4v) is 3.86. The van der Waals surface area contributed by atoms with Gasteiger partial charge < -0.3 is 19.3 Å². The molecule has 2 aromatic rings. The molecule has 1 aromatic carbocycles. The molecule has 0 aliphatic carbocycles. The highest BCUT2D eigenvalue weighted by molar-refractivity contribution is 5.96.